The standard InChI is InChI=1S/C49H32N2/c1-3-15-33(16-4-1)43-31-36-17-7-8-18-37(36)32-44(43)48-41-23-11-9-21-39(41)47(40-22-10-12-24-42(40)48)34-27-29-35(30-28-34)49-50-45-25-13-14-26-46(45)51(49)38-19-5-2-6-20-38/h1-32H. The van der Waals surface area contributed by atoms with Crippen LogP contribution in [0.4, 0.5) is 0 Å². The van der Waals surface area contributed by atoms with Gasteiger partial charge < -0.3 is 0 Å². The second-order valence-electron chi connectivity index (χ2n) is 13.1. The molecule has 0 amide bonds. The minimum Gasteiger partial charge on any atom is -0.292 e. The fourth-order valence-corrected chi connectivity index (χ4v) is 7.88. The number of imidazole rings is 1. The summed E-state index contributed by atoms with van der Waals surface area (Å²) in [6.07, 6.45) is 0. The van der Waals surface area contributed by atoms with Crippen molar-refractivity contribution in [1.82, 2.24) is 9.55 Å². The Kier molecular flexibility index (Phi) is 6.85. The Morgan fingerprint density at radius 2 is 0.843 bits per heavy atom. The molecule has 0 spiro atoms. The van der Waals surface area contributed by atoms with Crippen LogP contribution in [0.1, 0.15) is 0 Å². The first kappa shape index (κ1) is 29.2. The Morgan fingerprint density at radius 3 is 1.49 bits per heavy atom. The minimum atomic E-state index is 0.934. The first-order valence-corrected chi connectivity index (χ1v) is 17.5. The molecule has 0 fully saturated rings. The molecule has 1 heterocycles. The third kappa shape index (κ3) is 4.84. The van der Waals surface area contributed by atoms with E-state index in [2.05, 4.69) is 199 Å². The SMILES string of the molecule is c1ccc(-c2cc3ccccc3cc2-c2c3ccccc3c(-c3ccc(-c4nc5ccccc5n4-c4ccccc4)cc3)c3ccccc23)cc1. The maximum Gasteiger partial charge on any atom is 0.145 e. The van der Waals surface area contributed by atoms with E-state index in [9.17, 15) is 0 Å². The van der Waals surface area contributed by atoms with E-state index in [0.717, 1.165) is 28.1 Å². The molecule has 0 unspecified atom stereocenters. The zero-order valence-corrected chi connectivity index (χ0v) is 27.9. The number of rotatable bonds is 5. The summed E-state index contributed by atoms with van der Waals surface area (Å²) in [7, 11) is 0. The lowest BCUT2D eigenvalue weighted by molar-refractivity contribution is 1.10. The van der Waals surface area contributed by atoms with Gasteiger partial charge in [-0.05, 0) is 102 Å². The number of hydrogen-bond acceptors (Lipinski definition) is 1. The van der Waals surface area contributed by atoms with E-state index >= 15 is 0 Å². The largest absolute Gasteiger partial charge is 0.292 e. The van der Waals surface area contributed by atoms with Crippen molar-refractivity contribution in [3.8, 4) is 50.5 Å². The molecule has 10 aromatic rings. The Hall–Kier alpha value is -6.77. The number of nitrogens with zero attached hydrogens (tertiary/aromatic N) is 2. The van der Waals surface area contributed by atoms with Crippen molar-refractivity contribution < 1.29 is 0 Å². The van der Waals surface area contributed by atoms with Gasteiger partial charge in [-0.15, -0.1) is 0 Å². The molecular formula is C49H32N2. The maximum atomic E-state index is 5.12. The van der Waals surface area contributed by atoms with Crippen LogP contribution in [0.25, 0.3) is 93.8 Å². The second kappa shape index (κ2) is 12.0. The number of hydrogen-bond donors (Lipinski definition) is 0. The molecule has 0 aliphatic rings. The van der Waals surface area contributed by atoms with E-state index in [0.29, 0.717) is 0 Å². The van der Waals surface area contributed by atoms with Crippen molar-refractivity contribution in [2.75, 3.05) is 0 Å². The van der Waals surface area contributed by atoms with Gasteiger partial charge in [0.2, 0.25) is 0 Å². The van der Waals surface area contributed by atoms with Gasteiger partial charge in [0.05, 0.1) is 11.0 Å². The van der Waals surface area contributed by atoms with E-state index in [-0.39, 0.29) is 0 Å². The lowest BCUT2D eigenvalue weighted by Gasteiger charge is -2.20. The van der Waals surface area contributed by atoms with Gasteiger partial charge in [0.15, 0.2) is 0 Å². The lowest BCUT2D eigenvalue weighted by atomic mass is 9.83. The molecule has 1 aromatic heterocycles. The number of aromatic nitrogens is 2. The molecule has 9 aromatic carbocycles. The zero-order valence-electron chi connectivity index (χ0n) is 27.9. The Balaban J connectivity index is 1.20. The van der Waals surface area contributed by atoms with Crippen LogP contribution in [0, 0.1) is 0 Å². The minimum absolute atomic E-state index is 0.934. The topological polar surface area (TPSA) is 17.8 Å². The Bertz CT molecular complexity index is 2830. The third-order valence-electron chi connectivity index (χ3n) is 10.2. The summed E-state index contributed by atoms with van der Waals surface area (Å²) >= 11 is 0. The van der Waals surface area contributed by atoms with Crippen LogP contribution in [-0.2, 0) is 0 Å². The number of benzene rings is 9. The van der Waals surface area contributed by atoms with Gasteiger partial charge in [0.25, 0.3) is 0 Å². The van der Waals surface area contributed by atoms with Gasteiger partial charge in [-0.25, -0.2) is 4.98 Å². The summed E-state index contributed by atoms with van der Waals surface area (Å²) in [6, 6.07) is 69.9. The molecule has 10 rings (SSSR count). The van der Waals surface area contributed by atoms with E-state index in [1.54, 1.807) is 0 Å². The predicted octanol–water partition coefficient (Wildman–Crippen LogP) is 13.2. The maximum absolute atomic E-state index is 5.12. The summed E-state index contributed by atoms with van der Waals surface area (Å²) in [6.45, 7) is 0. The zero-order chi connectivity index (χ0) is 33.7. The third-order valence-corrected chi connectivity index (χ3v) is 10.2. The van der Waals surface area contributed by atoms with Crippen molar-refractivity contribution in [3.63, 3.8) is 0 Å². The van der Waals surface area contributed by atoms with Crippen molar-refractivity contribution in [2.45, 2.75) is 0 Å². The van der Waals surface area contributed by atoms with Crippen molar-refractivity contribution >= 4 is 43.4 Å². The van der Waals surface area contributed by atoms with Crippen molar-refractivity contribution in [3.05, 3.63) is 194 Å². The van der Waals surface area contributed by atoms with Gasteiger partial charge >= 0.3 is 0 Å². The molecule has 0 atom stereocenters. The molecule has 0 bridgehead atoms. The van der Waals surface area contributed by atoms with Crippen LogP contribution in [-0.4, -0.2) is 9.55 Å². The highest BCUT2D eigenvalue weighted by molar-refractivity contribution is 6.23. The normalized spacial score (nSPS) is 11.5. The van der Waals surface area contributed by atoms with Gasteiger partial charge in [0, 0.05) is 11.3 Å². The van der Waals surface area contributed by atoms with Crippen LogP contribution in [0.3, 0.4) is 0 Å². The molecule has 0 radical (unpaired) electrons. The summed E-state index contributed by atoms with van der Waals surface area (Å²) in [5.74, 6) is 0.934. The van der Waals surface area contributed by atoms with Crippen LogP contribution in [0.15, 0.2) is 194 Å². The summed E-state index contributed by atoms with van der Waals surface area (Å²) < 4.78 is 2.26. The number of fused-ring (bicyclic) bond motifs is 4. The van der Waals surface area contributed by atoms with E-state index < -0.39 is 0 Å². The molecule has 0 N–H and O–H groups in total. The highest BCUT2D eigenvalue weighted by atomic mass is 15.1. The number of para-hydroxylation sites is 3. The van der Waals surface area contributed by atoms with E-state index in [1.165, 1.54) is 65.7 Å². The van der Waals surface area contributed by atoms with Crippen LogP contribution in [0.5, 0.6) is 0 Å². The van der Waals surface area contributed by atoms with Gasteiger partial charge in [-0.2, -0.15) is 0 Å². The molecule has 2 heteroatoms. The summed E-state index contributed by atoms with van der Waals surface area (Å²) in [5.41, 5.74) is 11.6. The van der Waals surface area contributed by atoms with Crippen molar-refractivity contribution in [2.24, 2.45) is 0 Å². The van der Waals surface area contributed by atoms with Crippen LogP contribution >= 0.6 is 0 Å². The monoisotopic (exact) mass is 648 g/mol. The summed E-state index contributed by atoms with van der Waals surface area (Å²) in [4.78, 5) is 5.12. The lowest BCUT2D eigenvalue weighted by Crippen LogP contribution is -1.97. The molecule has 0 saturated heterocycles. The molecular weight excluding hydrogens is 617 g/mol. The van der Waals surface area contributed by atoms with Gasteiger partial charge in [-0.3, -0.25) is 4.57 Å². The fourth-order valence-electron chi connectivity index (χ4n) is 7.88. The molecule has 238 valence electrons. The highest BCUT2D eigenvalue weighted by Gasteiger charge is 2.20. The molecule has 0 aliphatic carbocycles. The first-order valence-electron chi connectivity index (χ1n) is 17.5. The van der Waals surface area contributed by atoms with Gasteiger partial charge in [0.1, 0.15) is 5.82 Å². The molecule has 0 saturated carbocycles. The van der Waals surface area contributed by atoms with E-state index in [4.69, 9.17) is 4.98 Å². The molecule has 2 nitrogen and oxygen atoms in total. The van der Waals surface area contributed by atoms with Crippen molar-refractivity contribution in [1.29, 1.82) is 0 Å². The van der Waals surface area contributed by atoms with Crippen LogP contribution < -0.4 is 0 Å². The average Bonchev–Trinajstić information content (AvgIpc) is 3.60. The second-order valence-corrected chi connectivity index (χ2v) is 13.1. The average molecular weight is 649 g/mol. The van der Waals surface area contributed by atoms with Crippen LogP contribution in [0.2, 0.25) is 0 Å². The molecule has 0 aliphatic heterocycles. The quantitative estimate of drug-likeness (QED) is 0.170. The molecule has 51 heavy (non-hydrogen) atoms. The first-order chi connectivity index (χ1) is 25.3. The Labute approximate surface area is 296 Å². The Morgan fingerprint density at radius 1 is 0.353 bits per heavy atom. The smallest absolute Gasteiger partial charge is 0.145 e. The highest BCUT2D eigenvalue weighted by Crippen LogP contribution is 2.47. The fraction of sp³-hybridized carbons (Fsp3) is 0. The summed E-state index contributed by atoms with van der Waals surface area (Å²) in [5, 5.41) is 7.44. The van der Waals surface area contributed by atoms with Gasteiger partial charge in [-0.1, -0.05) is 158 Å². The van der Waals surface area contributed by atoms with E-state index in [1.807, 2.05) is 0 Å². The predicted molar refractivity (Wildman–Crippen MR) is 215 cm³/mol.